The lowest BCUT2D eigenvalue weighted by molar-refractivity contribution is 0.201. The van der Waals surface area contributed by atoms with E-state index < -0.39 is 0 Å². The van der Waals surface area contributed by atoms with E-state index in [0.29, 0.717) is 11.5 Å². The molecular weight excluding hydrogens is 320 g/mol. The van der Waals surface area contributed by atoms with Gasteiger partial charge in [0.25, 0.3) is 0 Å². The van der Waals surface area contributed by atoms with E-state index in [-0.39, 0.29) is 12.1 Å². The number of carbonyl (C=O) groups is 1. The van der Waals surface area contributed by atoms with Crippen molar-refractivity contribution in [2.24, 2.45) is 0 Å². The van der Waals surface area contributed by atoms with E-state index in [9.17, 15) is 4.79 Å². The first-order chi connectivity index (χ1) is 12.3. The minimum atomic E-state index is -0.128. The number of pyridine rings is 1. The second-order valence-electron chi connectivity index (χ2n) is 5.89. The Morgan fingerprint density at radius 2 is 2.24 bits per heavy atom. The maximum atomic E-state index is 12.8. The van der Waals surface area contributed by atoms with E-state index in [0.717, 1.165) is 25.9 Å². The van der Waals surface area contributed by atoms with Crippen LogP contribution in [0.25, 0.3) is 5.82 Å². The first kappa shape index (κ1) is 15.3. The molecule has 4 heterocycles. The SMILES string of the molecule is O=C(Nc1cccnc1-n1cncn1)N1CCCC1Cn1ccnc1. The molecular formula is C16H18N8O. The molecule has 2 amide bonds. The van der Waals surface area contributed by atoms with Crippen molar-refractivity contribution in [3.63, 3.8) is 0 Å². The average molecular weight is 338 g/mol. The predicted molar refractivity (Wildman–Crippen MR) is 90.1 cm³/mol. The highest BCUT2D eigenvalue weighted by molar-refractivity contribution is 5.91. The van der Waals surface area contributed by atoms with Gasteiger partial charge >= 0.3 is 6.03 Å². The van der Waals surface area contributed by atoms with Crippen molar-refractivity contribution in [2.45, 2.75) is 25.4 Å². The number of rotatable bonds is 4. The topological polar surface area (TPSA) is 93.8 Å². The van der Waals surface area contributed by atoms with Gasteiger partial charge in [0.1, 0.15) is 12.7 Å². The summed E-state index contributed by atoms with van der Waals surface area (Å²) in [6.45, 7) is 1.49. The van der Waals surface area contributed by atoms with Gasteiger partial charge in [-0.1, -0.05) is 0 Å². The Labute approximate surface area is 144 Å². The van der Waals surface area contributed by atoms with E-state index >= 15 is 0 Å². The lowest BCUT2D eigenvalue weighted by Gasteiger charge is -2.25. The minimum absolute atomic E-state index is 0.128. The van der Waals surface area contributed by atoms with Gasteiger partial charge in [-0.05, 0) is 25.0 Å². The third-order valence-electron chi connectivity index (χ3n) is 4.28. The van der Waals surface area contributed by atoms with Crippen molar-refractivity contribution in [1.82, 2.24) is 34.2 Å². The van der Waals surface area contributed by atoms with Crippen LogP contribution in [0.5, 0.6) is 0 Å². The summed E-state index contributed by atoms with van der Waals surface area (Å²) in [5.41, 5.74) is 0.603. The first-order valence-corrected chi connectivity index (χ1v) is 8.14. The summed E-state index contributed by atoms with van der Waals surface area (Å²) in [6, 6.07) is 3.61. The van der Waals surface area contributed by atoms with Crippen LogP contribution in [0, 0.1) is 0 Å². The van der Waals surface area contributed by atoms with Gasteiger partial charge in [0.2, 0.25) is 0 Å². The molecule has 0 aliphatic carbocycles. The number of imidazole rings is 1. The summed E-state index contributed by atoms with van der Waals surface area (Å²) in [4.78, 5) is 27.0. The van der Waals surface area contributed by atoms with Gasteiger partial charge in [-0.15, -0.1) is 0 Å². The summed E-state index contributed by atoms with van der Waals surface area (Å²) in [7, 11) is 0. The van der Waals surface area contributed by atoms with Crippen LogP contribution in [-0.4, -0.2) is 52.8 Å². The average Bonchev–Trinajstić information content (AvgIpc) is 3.38. The summed E-state index contributed by atoms with van der Waals surface area (Å²) in [5, 5.41) is 7.05. The minimum Gasteiger partial charge on any atom is -0.335 e. The molecule has 0 radical (unpaired) electrons. The molecule has 128 valence electrons. The Morgan fingerprint density at radius 1 is 1.28 bits per heavy atom. The number of amides is 2. The van der Waals surface area contributed by atoms with Gasteiger partial charge < -0.3 is 14.8 Å². The number of hydrogen-bond acceptors (Lipinski definition) is 5. The van der Waals surface area contributed by atoms with E-state index in [1.165, 1.54) is 11.0 Å². The lowest BCUT2D eigenvalue weighted by Crippen LogP contribution is -2.40. The molecule has 3 aromatic heterocycles. The van der Waals surface area contributed by atoms with Crippen molar-refractivity contribution in [2.75, 3.05) is 11.9 Å². The van der Waals surface area contributed by atoms with Crippen LogP contribution in [0.3, 0.4) is 0 Å². The fourth-order valence-corrected chi connectivity index (χ4v) is 3.11. The molecule has 1 N–H and O–H groups in total. The predicted octanol–water partition coefficient (Wildman–Crippen LogP) is 1.56. The van der Waals surface area contributed by atoms with E-state index in [1.54, 1.807) is 31.1 Å². The highest BCUT2D eigenvalue weighted by Gasteiger charge is 2.29. The van der Waals surface area contributed by atoms with Gasteiger partial charge in [-0.3, -0.25) is 0 Å². The molecule has 1 fully saturated rings. The monoisotopic (exact) mass is 338 g/mol. The number of nitrogens with one attached hydrogen (secondary N) is 1. The molecule has 0 aromatic carbocycles. The second-order valence-corrected chi connectivity index (χ2v) is 5.89. The maximum absolute atomic E-state index is 12.8. The zero-order valence-electron chi connectivity index (χ0n) is 13.6. The molecule has 4 rings (SSSR count). The second kappa shape index (κ2) is 6.71. The quantitative estimate of drug-likeness (QED) is 0.779. The number of likely N-dealkylation sites (tertiary alicyclic amines) is 1. The molecule has 1 unspecified atom stereocenters. The van der Waals surface area contributed by atoms with Crippen molar-refractivity contribution in [1.29, 1.82) is 0 Å². The normalized spacial score (nSPS) is 17.0. The summed E-state index contributed by atoms with van der Waals surface area (Å²) in [5.74, 6) is 0.540. The first-order valence-electron chi connectivity index (χ1n) is 8.14. The van der Waals surface area contributed by atoms with E-state index in [1.807, 2.05) is 21.7 Å². The molecule has 3 aromatic rings. The zero-order valence-corrected chi connectivity index (χ0v) is 13.6. The fourth-order valence-electron chi connectivity index (χ4n) is 3.11. The van der Waals surface area contributed by atoms with Crippen LogP contribution < -0.4 is 5.32 Å². The van der Waals surface area contributed by atoms with Crippen molar-refractivity contribution in [3.8, 4) is 5.82 Å². The van der Waals surface area contributed by atoms with Crippen LogP contribution in [0.4, 0.5) is 10.5 Å². The van der Waals surface area contributed by atoms with Crippen molar-refractivity contribution in [3.05, 3.63) is 49.7 Å². The summed E-state index contributed by atoms with van der Waals surface area (Å²) < 4.78 is 3.53. The van der Waals surface area contributed by atoms with Crippen LogP contribution >= 0.6 is 0 Å². The Bertz CT molecular complexity index is 830. The molecule has 1 saturated heterocycles. The lowest BCUT2D eigenvalue weighted by atomic mass is 10.2. The number of hydrogen-bond donors (Lipinski definition) is 1. The summed E-state index contributed by atoms with van der Waals surface area (Å²) in [6.07, 6.45) is 12.1. The van der Waals surface area contributed by atoms with E-state index in [2.05, 4.69) is 25.4 Å². The van der Waals surface area contributed by atoms with Crippen molar-refractivity contribution >= 4 is 11.7 Å². The van der Waals surface area contributed by atoms with Crippen LogP contribution in [0.15, 0.2) is 49.7 Å². The van der Waals surface area contributed by atoms with Crippen LogP contribution in [0.1, 0.15) is 12.8 Å². The van der Waals surface area contributed by atoms with E-state index in [4.69, 9.17) is 0 Å². The van der Waals surface area contributed by atoms with Crippen LogP contribution in [0.2, 0.25) is 0 Å². The number of anilines is 1. The number of nitrogens with zero attached hydrogens (tertiary/aromatic N) is 7. The third kappa shape index (κ3) is 3.21. The Morgan fingerprint density at radius 3 is 3.04 bits per heavy atom. The number of urea groups is 1. The molecule has 1 aliphatic rings. The largest absolute Gasteiger partial charge is 0.335 e. The molecule has 25 heavy (non-hydrogen) atoms. The number of aromatic nitrogens is 6. The number of carbonyl (C=O) groups excluding carboxylic acids is 1. The van der Waals surface area contributed by atoms with Crippen LogP contribution in [-0.2, 0) is 6.54 Å². The Hall–Kier alpha value is -3.23. The zero-order chi connectivity index (χ0) is 17.1. The maximum Gasteiger partial charge on any atom is 0.322 e. The highest BCUT2D eigenvalue weighted by Crippen LogP contribution is 2.22. The standard InChI is InChI=1S/C16H18N8O/c25-16(23-7-2-3-13(23)9-22-8-6-17-11-22)21-14-4-1-5-19-15(14)24-12-18-10-20-24/h1,4-6,8,10-13H,2-3,7,9H2,(H,21,25). The molecule has 0 bridgehead atoms. The highest BCUT2D eigenvalue weighted by atomic mass is 16.2. The van der Waals surface area contributed by atoms with Gasteiger partial charge in [0, 0.05) is 31.7 Å². The Kier molecular flexibility index (Phi) is 4.11. The molecule has 9 nitrogen and oxygen atoms in total. The van der Waals surface area contributed by atoms with Crippen molar-refractivity contribution < 1.29 is 4.79 Å². The van der Waals surface area contributed by atoms with Gasteiger partial charge in [0.15, 0.2) is 5.82 Å². The van der Waals surface area contributed by atoms with Gasteiger partial charge in [0.05, 0.1) is 18.1 Å². The third-order valence-corrected chi connectivity index (χ3v) is 4.28. The molecule has 0 spiro atoms. The molecule has 9 heteroatoms. The smallest absolute Gasteiger partial charge is 0.322 e. The summed E-state index contributed by atoms with van der Waals surface area (Å²) >= 11 is 0. The molecule has 1 atom stereocenters. The fraction of sp³-hybridized carbons (Fsp3) is 0.312. The molecule has 0 saturated carbocycles. The van der Waals surface area contributed by atoms with Gasteiger partial charge in [-0.2, -0.15) is 5.10 Å². The van der Waals surface area contributed by atoms with Gasteiger partial charge in [-0.25, -0.2) is 24.4 Å². The Balaban J connectivity index is 1.50. The molecule has 1 aliphatic heterocycles.